The van der Waals surface area contributed by atoms with Gasteiger partial charge >= 0.3 is 6.16 Å². The van der Waals surface area contributed by atoms with Crippen molar-refractivity contribution in [3.63, 3.8) is 0 Å². The monoisotopic (exact) mass is 162 g/mol. The maximum absolute atomic E-state index is 8.90. The van der Waals surface area contributed by atoms with E-state index < -0.39 is 6.16 Å². The Morgan fingerprint density at radius 1 is 1.00 bits per heavy atom. The molecule has 0 bridgehead atoms. The topological polar surface area (TPSA) is 66.8 Å². The predicted molar refractivity (Wildman–Crippen MR) is 39.4 cm³/mol. The molecule has 0 aromatic rings. The molecule has 1 aliphatic carbocycles. The molecule has 1 saturated carbocycles. The van der Waals surface area contributed by atoms with Gasteiger partial charge in [-0.1, -0.05) is 38.5 Å². The molecule has 66 valence electrons. The average Bonchev–Trinajstić information content (AvgIpc) is 2.09. The molecular weight excluding hydrogens is 148 g/mol. The summed E-state index contributed by atoms with van der Waals surface area (Å²) in [7, 11) is 0. The third-order valence-electron chi connectivity index (χ3n) is 1.58. The zero-order valence-corrected chi connectivity index (χ0v) is 6.45. The molecule has 1 aliphatic rings. The van der Waals surface area contributed by atoms with Crippen LogP contribution in [0.2, 0.25) is 0 Å². The van der Waals surface area contributed by atoms with Gasteiger partial charge < -0.3 is 5.11 Å². The second-order valence-corrected chi connectivity index (χ2v) is 2.48. The number of rotatable bonds is 0. The van der Waals surface area contributed by atoms with Gasteiger partial charge in [-0.25, -0.2) is 4.79 Å². The SMILES string of the molecule is C1CCCCC1.O=C(O)OO. The Kier molecular flexibility index (Phi) is 6.82. The van der Waals surface area contributed by atoms with Gasteiger partial charge in [0.2, 0.25) is 0 Å². The Hall–Kier alpha value is -0.770. The summed E-state index contributed by atoms with van der Waals surface area (Å²) >= 11 is 0. The van der Waals surface area contributed by atoms with Crippen LogP contribution < -0.4 is 0 Å². The molecule has 4 nitrogen and oxygen atoms in total. The molecule has 0 aromatic heterocycles. The van der Waals surface area contributed by atoms with Crippen molar-refractivity contribution in [2.24, 2.45) is 0 Å². The summed E-state index contributed by atoms with van der Waals surface area (Å²) in [6.45, 7) is 0. The zero-order valence-electron chi connectivity index (χ0n) is 6.45. The lowest BCUT2D eigenvalue weighted by Gasteiger charge is -2.05. The normalized spacial score (nSPS) is 16.1. The molecule has 0 atom stereocenters. The molecule has 1 fully saturated rings. The standard InChI is InChI=1S/C6H12.CH2O4/c1-2-4-6-5-3-1;2-1(3)5-4/h1-6H2;4H,(H,2,3). The fourth-order valence-electron chi connectivity index (χ4n) is 1.06. The molecule has 0 aromatic carbocycles. The highest BCUT2D eigenvalue weighted by Crippen LogP contribution is 2.15. The number of hydrogen-bond donors (Lipinski definition) is 2. The highest BCUT2D eigenvalue weighted by atomic mass is 17.1. The van der Waals surface area contributed by atoms with Crippen molar-refractivity contribution in [3.8, 4) is 0 Å². The minimum atomic E-state index is -1.69. The van der Waals surface area contributed by atoms with E-state index in [0.717, 1.165) is 0 Å². The predicted octanol–water partition coefficient (Wildman–Crippen LogP) is 2.49. The fourth-order valence-corrected chi connectivity index (χ4v) is 1.06. The summed E-state index contributed by atoms with van der Waals surface area (Å²) in [6, 6.07) is 0. The van der Waals surface area contributed by atoms with Crippen molar-refractivity contribution < 1.29 is 20.0 Å². The van der Waals surface area contributed by atoms with Gasteiger partial charge in [-0.2, -0.15) is 5.26 Å². The van der Waals surface area contributed by atoms with Gasteiger partial charge in [-0.15, -0.1) is 0 Å². The first-order chi connectivity index (χ1) is 5.27. The van der Waals surface area contributed by atoms with Crippen molar-refractivity contribution in [2.45, 2.75) is 38.5 Å². The molecule has 0 spiro atoms. The first kappa shape index (κ1) is 10.2. The van der Waals surface area contributed by atoms with Crippen LogP contribution in [0.4, 0.5) is 4.79 Å². The van der Waals surface area contributed by atoms with Crippen molar-refractivity contribution in [3.05, 3.63) is 0 Å². The molecule has 0 radical (unpaired) electrons. The van der Waals surface area contributed by atoms with Gasteiger partial charge in [0.25, 0.3) is 0 Å². The van der Waals surface area contributed by atoms with Crippen LogP contribution in [-0.4, -0.2) is 16.5 Å². The maximum atomic E-state index is 8.90. The van der Waals surface area contributed by atoms with Crippen LogP contribution in [0.5, 0.6) is 0 Å². The lowest BCUT2D eigenvalue weighted by molar-refractivity contribution is -0.194. The van der Waals surface area contributed by atoms with Crippen LogP contribution in [0.3, 0.4) is 0 Å². The molecule has 1 rings (SSSR count). The zero-order chi connectivity index (χ0) is 8.53. The summed E-state index contributed by atoms with van der Waals surface area (Å²) in [5.41, 5.74) is 0. The van der Waals surface area contributed by atoms with Crippen LogP contribution in [0, 0.1) is 0 Å². The lowest BCUT2D eigenvalue weighted by Crippen LogP contribution is -1.91. The quantitative estimate of drug-likeness (QED) is 0.424. The molecular formula is C7H14O4. The highest BCUT2D eigenvalue weighted by molar-refractivity contribution is 5.55. The van der Waals surface area contributed by atoms with E-state index in [1.54, 1.807) is 0 Å². The van der Waals surface area contributed by atoms with Crippen LogP contribution in [-0.2, 0) is 4.89 Å². The Bertz CT molecular complexity index is 87.1. The van der Waals surface area contributed by atoms with Crippen LogP contribution in [0.15, 0.2) is 0 Å². The summed E-state index contributed by atoms with van der Waals surface area (Å²) in [4.78, 5) is 11.6. The minimum absolute atomic E-state index is 1.50. The van der Waals surface area contributed by atoms with Gasteiger partial charge in [0.1, 0.15) is 0 Å². The smallest absolute Gasteiger partial charge is 0.448 e. The molecule has 11 heavy (non-hydrogen) atoms. The second-order valence-electron chi connectivity index (χ2n) is 2.48. The summed E-state index contributed by atoms with van der Waals surface area (Å²) in [5, 5.41) is 14.3. The number of carboxylic acid groups (broad SMARTS) is 1. The van der Waals surface area contributed by atoms with Gasteiger partial charge in [-0.05, 0) is 0 Å². The third-order valence-corrected chi connectivity index (χ3v) is 1.58. The van der Waals surface area contributed by atoms with Crippen molar-refractivity contribution in [1.29, 1.82) is 0 Å². The number of carbonyl (C=O) groups is 1. The van der Waals surface area contributed by atoms with Crippen molar-refractivity contribution >= 4 is 6.16 Å². The van der Waals surface area contributed by atoms with Gasteiger partial charge in [0.05, 0.1) is 0 Å². The van der Waals surface area contributed by atoms with Crippen LogP contribution in [0.1, 0.15) is 38.5 Å². The van der Waals surface area contributed by atoms with E-state index >= 15 is 0 Å². The van der Waals surface area contributed by atoms with E-state index in [1.165, 1.54) is 38.5 Å². The Balaban J connectivity index is 0.000000187. The Labute approximate surface area is 65.7 Å². The van der Waals surface area contributed by atoms with Crippen molar-refractivity contribution in [2.75, 3.05) is 0 Å². The van der Waals surface area contributed by atoms with Gasteiger partial charge in [0.15, 0.2) is 0 Å². The molecule has 2 N–H and O–H groups in total. The summed E-state index contributed by atoms with van der Waals surface area (Å²) in [5.74, 6) is 0. The number of hydrogen-bond acceptors (Lipinski definition) is 3. The lowest BCUT2D eigenvalue weighted by atomic mass is 10.0. The van der Waals surface area contributed by atoms with E-state index in [4.69, 9.17) is 15.2 Å². The van der Waals surface area contributed by atoms with E-state index in [0.29, 0.717) is 0 Å². The molecule has 0 saturated heterocycles. The molecule has 0 unspecified atom stereocenters. The maximum Gasteiger partial charge on any atom is 0.537 e. The Morgan fingerprint density at radius 2 is 1.18 bits per heavy atom. The van der Waals surface area contributed by atoms with Gasteiger partial charge in [0, 0.05) is 0 Å². The first-order valence-corrected chi connectivity index (χ1v) is 3.81. The minimum Gasteiger partial charge on any atom is -0.448 e. The van der Waals surface area contributed by atoms with Crippen molar-refractivity contribution in [1.82, 2.24) is 0 Å². The first-order valence-electron chi connectivity index (χ1n) is 3.81. The van der Waals surface area contributed by atoms with Crippen LogP contribution >= 0.6 is 0 Å². The van der Waals surface area contributed by atoms with Gasteiger partial charge in [-0.3, -0.25) is 4.89 Å². The summed E-state index contributed by atoms with van der Waals surface area (Å²) in [6.07, 6.45) is 7.31. The van der Waals surface area contributed by atoms with E-state index in [-0.39, 0.29) is 0 Å². The molecule has 0 heterocycles. The van der Waals surface area contributed by atoms with E-state index in [2.05, 4.69) is 4.89 Å². The second kappa shape index (κ2) is 7.34. The van der Waals surface area contributed by atoms with E-state index in [9.17, 15) is 0 Å². The molecule has 0 amide bonds. The fraction of sp³-hybridized carbons (Fsp3) is 0.857. The Morgan fingerprint density at radius 3 is 1.27 bits per heavy atom. The molecule has 4 heteroatoms. The summed E-state index contributed by atoms with van der Waals surface area (Å²) < 4.78 is 0. The molecule has 0 aliphatic heterocycles. The average molecular weight is 162 g/mol. The van der Waals surface area contributed by atoms with Crippen LogP contribution in [0.25, 0.3) is 0 Å². The largest absolute Gasteiger partial charge is 0.537 e. The third kappa shape index (κ3) is 9.23. The highest BCUT2D eigenvalue weighted by Gasteiger charge is 1.95. The van der Waals surface area contributed by atoms with E-state index in [1.807, 2.05) is 0 Å².